The highest BCUT2D eigenvalue weighted by molar-refractivity contribution is 6.39. The third-order valence-corrected chi connectivity index (χ3v) is 4.94. The van der Waals surface area contributed by atoms with E-state index in [0.29, 0.717) is 26.6 Å². The van der Waals surface area contributed by atoms with E-state index >= 15 is 0 Å². The molecular formula is C23H17Cl2N3O. The second kappa shape index (κ2) is 8.11. The summed E-state index contributed by atoms with van der Waals surface area (Å²) >= 11 is 12.6. The van der Waals surface area contributed by atoms with Gasteiger partial charge >= 0.3 is 6.03 Å². The topological polar surface area (TPSA) is 45.2 Å². The third kappa shape index (κ3) is 4.04. The van der Waals surface area contributed by atoms with Gasteiger partial charge in [-0.25, -0.2) is 4.79 Å². The number of anilines is 3. The molecular weight excluding hydrogens is 405 g/mol. The highest BCUT2D eigenvalue weighted by Crippen LogP contribution is 2.34. The van der Waals surface area contributed by atoms with Gasteiger partial charge in [0.05, 0.1) is 27.6 Å². The van der Waals surface area contributed by atoms with E-state index in [0.717, 1.165) is 17.1 Å². The standard InChI is InChI=1S/C23H17Cl2N3O/c1-15-12-20(22-19(25)13-16(24)14-21(22)26-15)27-23(29)28(17-8-4-2-5-9-17)18-10-6-3-7-11-18/h2-14H,1H3,(H,26,27,29). The predicted molar refractivity (Wildman–Crippen MR) is 121 cm³/mol. The number of hydrogen-bond donors (Lipinski definition) is 1. The van der Waals surface area contributed by atoms with Crippen molar-refractivity contribution in [3.63, 3.8) is 0 Å². The van der Waals surface area contributed by atoms with Gasteiger partial charge in [-0.15, -0.1) is 0 Å². The minimum absolute atomic E-state index is 0.305. The van der Waals surface area contributed by atoms with E-state index in [-0.39, 0.29) is 6.03 Å². The van der Waals surface area contributed by atoms with Gasteiger partial charge in [0.1, 0.15) is 0 Å². The summed E-state index contributed by atoms with van der Waals surface area (Å²) in [6.45, 7) is 1.86. The lowest BCUT2D eigenvalue weighted by Gasteiger charge is -2.24. The Balaban J connectivity index is 1.79. The SMILES string of the molecule is Cc1cc(NC(=O)N(c2ccccc2)c2ccccc2)c2c(Cl)cc(Cl)cc2n1. The molecule has 0 unspecified atom stereocenters. The van der Waals surface area contributed by atoms with Crippen molar-refractivity contribution in [1.29, 1.82) is 0 Å². The molecule has 2 amide bonds. The van der Waals surface area contributed by atoms with Crippen LogP contribution in [0.25, 0.3) is 10.9 Å². The van der Waals surface area contributed by atoms with Gasteiger partial charge in [0.25, 0.3) is 0 Å². The molecule has 0 atom stereocenters. The van der Waals surface area contributed by atoms with Crippen LogP contribution in [-0.2, 0) is 0 Å². The number of para-hydroxylation sites is 2. The zero-order valence-electron chi connectivity index (χ0n) is 15.6. The Hall–Kier alpha value is -3.08. The summed E-state index contributed by atoms with van der Waals surface area (Å²) in [6.07, 6.45) is 0. The zero-order valence-corrected chi connectivity index (χ0v) is 17.1. The van der Waals surface area contributed by atoms with E-state index in [1.165, 1.54) is 0 Å². The molecule has 0 radical (unpaired) electrons. The van der Waals surface area contributed by atoms with Crippen LogP contribution >= 0.6 is 23.2 Å². The second-order valence-corrected chi connectivity index (χ2v) is 7.37. The van der Waals surface area contributed by atoms with Crippen LogP contribution in [0, 0.1) is 6.92 Å². The van der Waals surface area contributed by atoms with Crippen molar-refractivity contribution >= 4 is 57.2 Å². The Kier molecular flexibility index (Phi) is 5.38. The lowest BCUT2D eigenvalue weighted by atomic mass is 10.1. The minimum atomic E-state index is -0.305. The van der Waals surface area contributed by atoms with E-state index in [1.54, 1.807) is 23.1 Å². The van der Waals surface area contributed by atoms with E-state index in [1.807, 2.05) is 67.6 Å². The van der Waals surface area contributed by atoms with Crippen molar-refractivity contribution in [2.24, 2.45) is 0 Å². The summed E-state index contributed by atoms with van der Waals surface area (Å²) in [4.78, 5) is 19.5. The zero-order chi connectivity index (χ0) is 20.4. The summed E-state index contributed by atoms with van der Waals surface area (Å²) in [5.74, 6) is 0. The molecule has 0 saturated heterocycles. The monoisotopic (exact) mass is 421 g/mol. The van der Waals surface area contributed by atoms with E-state index in [2.05, 4.69) is 10.3 Å². The van der Waals surface area contributed by atoms with Crippen LogP contribution in [0.2, 0.25) is 10.0 Å². The number of rotatable bonds is 3. The minimum Gasteiger partial charge on any atom is -0.306 e. The van der Waals surface area contributed by atoms with Crippen LogP contribution in [0.1, 0.15) is 5.69 Å². The summed E-state index contributed by atoms with van der Waals surface area (Å²) in [6, 6.07) is 23.8. The first-order valence-electron chi connectivity index (χ1n) is 9.00. The Bertz CT molecular complexity index is 1140. The smallest absolute Gasteiger partial charge is 0.306 e. The van der Waals surface area contributed by atoms with Crippen LogP contribution in [0.4, 0.5) is 21.9 Å². The fraction of sp³-hybridized carbons (Fsp3) is 0.0435. The number of pyridine rings is 1. The number of nitrogens with one attached hydrogen (secondary N) is 1. The molecule has 0 aliphatic carbocycles. The lowest BCUT2D eigenvalue weighted by Crippen LogP contribution is -2.30. The number of amides is 2. The fourth-order valence-corrected chi connectivity index (χ4v) is 3.81. The largest absolute Gasteiger partial charge is 0.330 e. The molecule has 4 aromatic rings. The number of carbonyl (C=O) groups excluding carboxylic acids is 1. The highest BCUT2D eigenvalue weighted by atomic mass is 35.5. The molecule has 4 rings (SSSR count). The number of fused-ring (bicyclic) bond motifs is 1. The Morgan fingerprint density at radius 1 is 0.897 bits per heavy atom. The number of carbonyl (C=O) groups is 1. The van der Waals surface area contributed by atoms with Crippen LogP contribution in [0.15, 0.2) is 78.9 Å². The molecule has 29 heavy (non-hydrogen) atoms. The number of nitrogens with zero attached hydrogens (tertiary/aromatic N) is 2. The van der Waals surface area contributed by atoms with Crippen molar-refractivity contribution in [2.45, 2.75) is 6.92 Å². The molecule has 1 N–H and O–H groups in total. The van der Waals surface area contributed by atoms with Gasteiger partial charge in [-0.1, -0.05) is 59.6 Å². The maximum Gasteiger partial charge on any atom is 0.330 e. The molecule has 0 aliphatic heterocycles. The van der Waals surface area contributed by atoms with Crippen molar-refractivity contribution in [1.82, 2.24) is 4.98 Å². The Morgan fingerprint density at radius 2 is 1.48 bits per heavy atom. The first-order chi connectivity index (χ1) is 14.0. The van der Waals surface area contributed by atoms with E-state index in [9.17, 15) is 4.79 Å². The highest BCUT2D eigenvalue weighted by Gasteiger charge is 2.20. The molecule has 3 aromatic carbocycles. The van der Waals surface area contributed by atoms with Gasteiger partial charge < -0.3 is 5.32 Å². The lowest BCUT2D eigenvalue weighted by molar-refractivity contribution is 0.259. The molecule has 0 spiro atoms. The molecule has 0 saturated carbocycles. The van der Waals surface area contributed by atoms with Gasteiger partial charge in [-0.2, -0.15) is 0 Å². The molecule has 144 valence electrons. The Morgan fingerprint density at radius 3 is 2.07 bits per heavy atom. The van der Waals surface area contributed by atoms with Gasteiger partial charge in [0.2, 0.25) is 0 Å². The summed E-state index contributed by atoms with van der Waals surface area (Å²) < 4.78 is 0. The molecule has 1 heterocycles. The van der Waals surface area contributed by atoms with Crippen LogP contribution in [-0.4, -0.2) is 11.0 Å². The van der Waals surface area contributed by atoms with Gasteiger partial charge in [0.15, 0.2) is 0 Å². The quantitative estimate of drug-likeness (QED) is 0.379. The normalized spacial score (nSPS) is 10.7. The second-order valence-electron chi connectivity index (χ2n) is 6.53. The molecule has 1 aromatic heterocycles. The van der Waals surface area contributed by atoms with Crippen LogP contribution in [0.3, 0.4) is 0 Å². The van der Waals surface area contributed by atoms with Gasteiger partial charge in [-0.3, -0.25) is 9.88 Å². The average molecular weight is 422 g/mol. The van der Waals surface area contributed by atoms with Crippen molar-refractivity contribution in [3.8, 4) is 0 Å². The van der Waals surface area contributed by atoms with Crippen molar-refractivity contribution < 1.29 is 4.79 Å². The maximum absolute atomic E-state index is 13.4. The first-order valence-corrected chi connectivity index (χ1v) is 9.76. The number of aryl methyl sites for hydroxylation is 1. The number of aromatic nitrogens is 1. The molecule has 0 bridgehead atoms. The fourth-order valence-electron chi connectivity index (χ4n) is 3.23. The third-order valence-electron chi connectivity index (χ3n) is 4.43. The number of benzene rings is 3. The average Bonchev–Trinajstić information content (AvgIpc) is 2.69. The van der Waals surface area contributed by atoms with Crippen LogP contribution in [0.5, 0.6) is 0 Å². The summed E-state index contributed by atoms with van der Waals surface area (Å²) in [5.41, 5.74) is 3.46. The summed E-state index contributed by atoms with van der Waals surface area (Å²) in [5, 5.41) is 4.58. The van der Waals surface area contributed by atoms with Crippen molar-refractivity contribution in [3.05, 3.63) is 94.6 Å². The van der Waals surface area contributed by atoms with Gasteiger partial charge in [-0.05, 0) is 49.4 Å². The number of urea groups is 1. The van der Waals surface area contributed by atoms with Crippen molar-refractivity contribution in [2.75, 3.05) is 10.2 Å². The first kappa shape index (κ1) is 19.2. The number of hydrogen-bond acceptors (Lipinski definition) is 2. The molecule has 4 nitrogen and oxygen atoms in total. The van der Waals surface area contributed by atoms with E-state index in [4.69, 9.17) is 23.2 Å². The molecule has 0 aliphatic rings. The van der Waals surface area contributed by atoms with Crippen LogP contribution < -0.4 is 10.2 Å². The summed E-state index contributed by atoms with van der Waals surface area (Å²) in [7, 11) is 0. The molecule has 0 fully saturated rings. The van der Waals surface area contributed by atoms with E-state index < -0.39 is 0 Å². The number of halogens is 2. The Labute approximate surface area is 178 Å². The predicted octanol–water partition coefficient (Wildman–Crippen LogP) is 7.22. The molecule has 6 heteroatoms. The van der Waals surface area contributed by atoms with Gasteiger partial charge in [0, 0.05) is 16.1 Å². The maximum atomic E-state index is 13.4.